The molecule has 0 saturated carbocycles. The number of fused-ring (bicyclic) bond motifs is 1. The summed E-state index contributed by atoms with van der Waals surface area (Å²) in [5, 5.41) is 21.6. The molecule has 0 radical (unpaired) electrons. The van der Waals surface area contributed by atoms with E-state index in [1.807, 2.05) is 18.2 Å². The number of phenolic OH excluding ortho intramolecular Hbond substituents is 2. The van der Waals surface area contributed by atoms with Gasteiger partial charge in [0.2, 0.25) is 0 Å². The third-order valence-corrected chi connectivity index (χ3v) is 3.55. The zero-order valence-corrected chi connectivity index (χ0v) is 12.8. The van der Waals surface area contributed by atoms with Gasteiger partial charge in [-0.25, -0.2) is 0 Å². The van der Waals surface area contributed by atoms with E-state index in [9.17, 15) is 10.2 Å². The molecule has 3 aromatic rings. The predicted octanol–water partition coefficient (Wildman–Crippen LogP) is 3.67. The molecule has 2 N–H and O–H groups in total. The molecule has 3 rings (SSSR count). The summed E-state index contributed by atoms with van der Waals surface area (Å²) in [4.78, 5) is 4.18. The first-order valence-electron chi connectivity index (χ1n) is 6.60. The first kappa shape index (κ1) is 15.9. The zero-order valence-electron chi connectivity index (χ0n) is 12.0. The maximum atomic E-state index is 10.2. The molecule has 0 amide bonds. The van der Waals surface area contributed by atoms with Gasteiger partial charge in [0, 0.05) is 24.2 Å². The molecule has 0 aliphatic carbocycles. The second-order valence-electron chi connectivity index (χ2n) is 4.82. The number of halogens is 1. The highest BCUT2D eigenvalue weighted by Crippen LogP contribution is 2.35. The van der Waals surface area contributed by atoms with Crippen molar-refractivity contribution in [1.29, 1.82) is 0 Å². The molecule has 0 bridgehead atoms. The van der Waals surface area contributed by atoms with E-state index in [0.717, 1.165) is 16.5 Å². The van der Waals surface area contributed by atoms with Crippen molar-refractivity contribution >= 4 is 23.2 Å². The molecule has 0 aliphatic rings. The molecule has 5 heteroatoms. The molecule has 0 atom stereocenters. The Morgan fingerprint density at radius 2 is 1.73 bits per heavy atom. The number of methoxy groups -OCH3 is 1. The van der Waals surface area contributed by atoms with Crippen molar-refractivity contribution in [2.75, 3.05) is 7.11 Å². The molecule has 22 heavy (non-hydrogen) atoms. The lowest BCUT2D eigenvalue weighted by Gasteiger charge is -2.10. The number of nitrogens with zero attached hydrogens (tertiary/aromatic N) is 1. The van der Waals surface area contributed by atoms with Crippen molar-refractivity contribution in [3.63, 3.8) is 0 Å². The molecule has 0 unspecified atom stereocenters. The number of benzene rings is 2. The smallest absolute Gasteiger partial charge is 0.167 e. The maximum absolute atomic E-state index is 10.2. The lowest BCUT2D eigenvalue weighted by atomic mass is 10.00. The summed E-state index contributed by atoms with van der Waals surface area (Å²) in [5.74, 6) is 0.762. The average Bonchev–Trinajstić information content (AvgIpc) is 2.51. The van der Waals surface area contributed by atoms with Gasteiger partial charge in [-0.1, -0.05) is 24.3 Å². The van der Waals surface area contributed by atoms with E-state index in [1.165, 1.54) is 7.11 Å². The molecule has 114 valence electrons. The first-order chi connectivity index (χ1) is 10.2. The molecule has 1 heterocycles. The number of rotatable bonds is 3. The normalized spacial score (nSPS) is 10.2. The highest BCUT2D eigenvalue weighted by molar-refractivity contribution is 5.92. The molecular formula is C17H16ClNO3. The van der Waals surface area contributed by atoms with E-state index in [1.54, 1.807) is 30.6 Å². The molecular weight excluding hydrogens is 302 g/mol. The number of para-hydroxylation sites is 1. The van der Waals surface area contributed by atoms with Crippen LogP contribution in [0.15, 0.2) is 48.8 Å². The van der Waals surface area contributed by atoms with Crippen LogP contribution in [0.4, 0.5) is 0 Å². The van der Waals surface area contributed by atoms with E-state index in [0.29, 0.717) is 17.6 Å². The van der Waals surface area contributed by atoms with Gasteiger partial charge in [0.25, 0.3) is 0 Å². The van der Waals surface area contributed by atoms with Gasteiger partial charge < -0.3 is 14.9 Å². The fourth-order valence-electron chi connectivity index (χ4n) is 2.44. The summed E-state index contributed by atoms with van der Waals surface area (Å²) in [6.07, 6.45) is 3.91. The highest BCUT2D eigenvalue weighted by Gasteiger charge is 2.11. The second-order valence-corrected chi connectivity index (χ2v) is 4.82. The topological polar surface area (TPSA) is 62.6 Å². The van der Waals surface area contributed by atoms with Crippen LogP contribution in [0, 0.1) is 0 Å². The Bertz CT molecular complexity index is 805. The van der Waals surface area contributed by atoms with Crippen molar-refractivity contribution in [3.05, 3.63) is 59.9 Å². The van der Waals surface area contributed by atoms with Gasteiger partial charge in [0.05, 0.1) is 7.11 Å². The standard InChI is InChI=1S/C17H15NO3.ClH/c1-21-16-7-6-13-12(9-18-10-14(13)17(16)20)8-11-4-2-3-5-15(11)19;/h2-7,9-10,19-20H,8H2,1H3;1H. The molecule has 4 nitrogen and oxygen atoms in total. The second kappa shape index (κ2) is 6.54. The summed E-state index contributed by atoms with van der Waals surface area (Å²) < 4.78 is 5.11. The van der Waals surface area contributed by atoms with Crippen LogP contribution >= 0.6 is 12.4 Å². The third kappa shape index (κ3) is 2.78. The Kier molecular flexibility index (Phi) is 4.73. The number of hydrogen-bond acceptors (Lipinski definition) is 4. The van der Waals surface area contributed by atoms with Gasteiger partial charge in [0.15, 0.2) is 11.5 Å². The summed E-state index contributed by atoms with van der Waals surface area (Å²) in [6.45, 7) is 0. The molecule has 0 spiro atoms. The van der Waals surface area contributed by atoms with E-state index in [4.69, 9.17) is 4.74 Å². The Balaban J connectivity index is 0.00000176. The fourth-order valence-corrected chi connectivity index (χ4v) is 2.44. The Morgan fingerprint density at radius 1 is 0.955 bits per heavy atom. The SMILES string of the molecule is COc1ccc2c(Cc3ccccc3O)cncc2c1O.Cl. The Morgan fingerprint density at radius 3 is 2.45 bits per heavy atom. The van der Waals surface area contributed by atoms with Crippen LogP contribution in [0.25, 0.3) is 10.8 Å². The van der Waals surface area contributed by atoms with Crippen molar-refractivity contribution in [2.24, 2.45) is 0 Å². The minimum absolute atomic E-state index is 0. The van der Waals surface area contributed by atoms with Crippen molar-refractivity contribution in [2.45, 2.75) is 6.42 Å². The molecule has 1 aromatic heterocycles. The minimum Gasteiger partial charge on any atom is -0.508 e. The quantitative estimate of drug-likeness (QED) is 0.773. The van der Waals surface area contributed by atoms with Gasteiger partial charge in [0.1, 0.15) is 5.75 Å². The summed E-state index contributed by atoms with van der Waals surface area (Å²) in [6, 6.07) is 10.8. The molecule has 0 aliphatic heterocycles. The molecule has 2 aromatic carbocycles. The first-order valence-corrected chi connectivity index (χ1v) is 6.60. The van der Waals surface area contributed by atoms with E-state index in [-0.39, 0.29) is 23.9 Å². The third-order valence-electron chi connectivity index (χ3n) is 3.55. The number of aromatic nitrogens is 1. The van der Waals surface area contributed by atoms with Crippen LogP contribution < -0.4 is 4.74 Å². The van der Waals surface area contributed by atoms with Crippen LogP contribution in [-0.2, 0) is 6.42 Å². The maximum Gasteiger partial charge on any atom is 0.167 e. The van der Waals surface area contributed by atoms with Crippen molar-refractivity contribution < 1.29 is 14.9 Å². The van der Waals surface area contributed by atoms with Crippen LogP contribution in [0.1, 0.15) is 11.1 Å². The average molecular weight is 318 g/mol. The summed E-state index contributed by atoms with van der Waals surface area (Å²) in [7, 11) is 1.51. The largest absolute Gasteiger partial charge is 0.508 e. The minimum atomic E-state index is 0. The monoisotopic (exact) mass is 317 g/mol. The van der Waals surface area contributed by atoms with Gasteiger partial charge in [-0.15, -0.1) is 12.4 Å². The van der Waals surface area contributed by atoms with Crippen LogP contribution in [0.3, 0.4) is 0 Å². The highest BCUT2D eigenvalue weighted by atomic mass is 35.5. The van der Waals surface area contributed by atoms with Crippen LogP contribution in [0.2, 0.25) is 0 Å². The number of pyridine rings is 1. The summed E-state index contributed by atoms with van der Waals surface area (Å²) in [5.41, 5.74) is 1.76. The van der Waals surface area contributed by atoms with Gasteiger partial charge in [-0.2, -0.15) is 0 Å². The molecule has 0 saturated heterocycles. The van der Waals surface area contributed by atoms with Crippen LogP contribution in [-0.4, -0.2) is 22.3 Å². The number of aromatic hydroxyl groups is 2. The van der Waals surface area contributed by atoms with Crippen molar-refractivity contribution in [1.82, 2.24) is 4.98 Å². The number of hydrogen-bond donors (Lipinski definition) is 2. The summed E-state index contributed by atoms with van der Waals surface area (Å²) >= 11 is 0. The van der Waals surface area contributed by atoms with E-state index >= 15 is 0 Å². The lowest BCUT2D eigenvalue weighted by molar-refractivity contribution is 0.376. The fraction of sp³-hybridized carbons (Fsp3) is 0.118. The zero-order chi connectivity index (χ0) is 14.8. The van der Waals surface area contributed by atoms with Gasteiger partial charge >= 0.3 is 0 Å². The van der Waals surface area contributed by atoms with Crippen LogP contribution in [0.5, 0.6) is 17.2 Å². The Hall–Kier alpha value is -2.46. The van der Waals surface area contributed by atoms with Crippen molar-refractivity contribution in [3.8, 4) is 17.2 Å². The lowest BCUT2D eigenvalue weighted by Crippen LogP contribution is -1.93. The van der Waals surface area contributed by atoms with E-state index < -0.39 is 0 Å². The van der Waals surface area contributed by atoms with E-state index in [2.05, 4.69) is 4.98 Å². The Labute approximate surface area is 134 Å². The van der Waals surface area contributed by atoms with Gasteiger partial charge in [-0.05, 0) is 28.6 Å². The number of ether oxygens (including phenoxy) is 1. The van der Waals surface area contributed by atoms with Gasteiger partial charge in [-0.3, -0.25) is 4.98 Å². The number of phenols is 2. The molecule has 0 fully saturated rings. The predicted molar refractivity (Wildman–Crippen MR) is 88.1 cm³/mol.